The Morgan fingerprint density at radius 2 is 1.93 bits per heavy atom. The van der Waals surface area contributed by atoms with E-state index in [9.17, 15) is 14.0 Å². The zero-order chi connectivity index (χ0) is 20.5. The average molecular weight is 392 g/mol. The zero-order valence-corrected chi connectivity index (χ0v) is 16.3. The molecule has 1 N–H and O–H groups in total. The van der Waals surface area contributed by atoms with Crippen molar-refractivity contribution in [2.75, 3.05) is 13.2 Å². The summed E-state index contributed by atoms with van der Waals surface area (Å²) < 4.78 is 18.5. The molecule has 0 unspecified atom stereocenters. The van der Waals surface area contributed by atoms with Crippen LogP contribution < -0.4 is 0 Å². The van der Waals surface area contributed by atoms with Gasteiger partial charge in [-0.05, 0) is 62.2 Å². The van der Waals surface area contributed by atoms with Gasteiger partial charge in [-0.1, -0.05) is 11.6 Å². The quantitative estimate of drug-likeness (QED) is 0.679. The molecule has 5 nitrogen and oxygen atoms in total. The molecular formula is C23H21FN2O3. The number of rotatable bonds is 3. The molecule has 3 aromatic rings. The maximum absolute atomic E-state index is 13.2. The van der Waals surface area contributed by atoms with E-state index in [4.69, 9.17) is 4.74 Å². The molecule has 2 aromatic carbocycles. The monoisotopic (exact) mass is 392 g/mol. The first-order valence-corrected chi connectivity index (χ1v) is 9.55. The highest BCUT2D eigenvalue weighted by molar-refractivity contribution is 6.18. The third-order valence-electron chi connectivity index (χ3n) is 5.07. The molecule has 6 heteroatoms. The Morgan fingerprint density at radius 3 is 2.66 bits per heavy atom. The van der Waals surface area contributed by atoms with Crippen molar-refractivity contribution in [3.8, 4) is 0 Å². The Labute approximate surface area is 167 Å². The number of H-pyrrole nitrogens is 1. The second-order valence-electron chi connectivity index (χ2n) is 7.05. The van der Waals surface area contributed by atoms with Gasteiger partial charge in [-0.3, -0.25) is 4.79 Å². The molecule has 29 heavy (non-hydrogen) atoms. The minimum absolute atomic E-state index is 0.233. The number of hydrogen-bond donors (Lipinski definition) is 1. The molecule has 0 fully saturated rings. The Bertz CT molecular complexity index is 1130. The number of benzene rings is 2. The second-order valence-corrected chi connectivity index (χ2v) is 7.05. The fourth-order valence-corrected chi connectivity index (χ4v) is 3.65. The van der Waals surface area contributed by atoms with Crippen LogP contribution in [0.15, 0.2) is 48.7 Å². The molecule has 0 spiro atoms. The molecule has 1 aromatic heterocycles. The van der Waals surface area contributed by atoms with Crippen LogP contribution in [0.5, 0.6) is 0 Å². The summed E-state index contributed by atoms with van der Waals surface area (Å²) in [5.41, 5.74) is 4.38. The van der Waals surface area contributed by atoms with Crippen molar-refractivity contribution in [3.05, 3.63) is 76.9 Å². The van der Waals surface area contributed by atoms with Crippen molar-refractivity contribution in [2.24, 2.45) is 0 Å². The van der Waals surface area contributed by atoms with Gasteiger partial charge in [0, 0.05) is 29.2 Å². The summed E-state index contributed by atoms with van der Waals surface area (Å²) in [6.07, 6.45) is 2.11. The van der Waals surface area contributed by atoms with E-state index in [-0.39, 0.29) is 12.5 Å². The lowest BCUT2D eigenvalue weighted by molar-refractivity contribution is -0.136. The average Bonchev–Trinajstić information content (AvgIpc) is 2.94. The number of nitrogens with zero attached hydrogens (tertiary/aromatic N) is 1. The molecule has 0 saturated carbocycles. The van der Waals surface area contributed by atoms with Gasteiger partial charge in [0.1, 0.15) is 5.82 Å². The van der Waals surface area contributed by atoms with Crippen molar-refractivity contribution < 1.29 is 18.7 Å². The molecule has 1 amide bonds. The van der Waals surface area contributed by atoms with E-state index in [0.717, 1.165) is 22.0 Å². The number of carbonyl (C=O) groups is 2. The number of hydrogen-bond acceptors (Lipinski definition) is 3. The van der Waals surface area contributed by atoms with Crippen LogP contribution in [0.3, 0.4) is 0 Å². The number of ether oxygens (including phenoxy) is 1. The Kier molecular flexibility index (Phi) is 4.92. The minimum atomic E-state index is -0.490. The van der Waals surface area contributed by atoms with Gasteiger partial charge in [0.2, 0.25) is 0 Å². The molecular weight excluding hydrogens is 371 g/mol. The van der Waals surface area contributed by atoms with E-state index in [1.807, 2.05) is 19.1 Å². The van der Waals surface area contributed by atoms with Crippen LogP contribution in [0.2, 0.25) is 0 Å². The lowest BCUT2D eigenvalue weighted by atomic mass is 10.0. The molecule has 0 bridgehead atoms. The maximum Gasteiger partial charge on any atom is 0.341 e. The van der Waals surface area contributed by atoms with E-state index < -0.39 is 11.8 Å². The highest BCUT2D eigenvalue weighted by Gasteiger charge is 2.27. The molecule has 1 aliphatic rings. The molecule has 0 radical (unpaired) electrons. The lowest BCUT2D eigenvalue weighted by Crippen LogP contribution is -2.28. The van der Waals surface area contributed by atoms with Crippen LogP contribution in [0.4, 0.5) is 4.39 Å². The predicted molar refractivity (Wildman–Crippen MR) is 109 cm³/mol. The molecule has 2 heterocycles. The lowest BCUT2D eigenvalue weighted by Gasteiger charge is -2.18. The van der Waals surface area contributed by atoms with Gasteiger partial charge >= 0.3 is 5.97 Å². The van der Waals surface area contributed by atoms with Crippen LogP contribution in [0.25, 0.3) is 16.5 Å². The predicted octanol–water partition coefficient (Wildman–Crippen LogP) is 4.22. The maximum atomic E-state index is 13.2. The number of fused-ring (bicyclic) bond motifs is 3. The van der Waals surface area contributed by atoms with Crippen LogP contribution in [-0.4, -0.2) is 34.9 Å². The van der Waals surface area contributed by atoms with E-state index in [0.29, 0.717) is 29.8 Å². The van der Waals surface area contributed by atoms with Crippen LogP contribution >= 0.6 is 0 Å². The number of aromatic amines is 1. The molecule has 1 aliphatic heterocycles. The highest BCUT2D eigenvalue weighted by Crippen LogP contribution is 2.32. The van der Waals surface area contributed by atoms with Gasteiger partial charge < -0.3 is 14.6 Å². The number of nitrogens with one attached hydrogen (secondary N) is 1. The van der Waals surface area contributed by atoms with Crippen molar-refractivity contribution in [3.63, 3.8) is 0 Å². The van der Waals surface area contributed by atoms with Crippen LogP contribution in [0, 0.1) is 12.7 Å². The summed E-state index contributed by atoms with van der Waals surface area (Å²) in [6.45, 7) is 4.39. The van der Waals surface area contributed by atoms with E-state index in [2.05, 4.69) is 11.1 Å². The summed E-state index contributed by atoms with van der Waals surface area (Å²) in [5.74, 6) is -1.19. The standard InChI is InChI=1S/C23H21FN2O3/c1-3-29-23(28)19-13-26(22(27)15-5-7-16(24)8-6-15)11-10-17-18-12-14(2)4-9-20(18)25-21(17)19/h4-9,12-13,25H,3,10-11H2,1-2H3. The van der Waals surface area contributed by atoms with Gasteiger partial charge in [0.15, 0.2) is 0 Å². The van der Waals surface area contributed by atoms with E-state index in [1.165, 1.54) is 35.4 Å². The number of amides is 1. The number of halogens is 1. The first-order chi connectivity index (χ1) is 14.0. The van der Waals surface area contributed by atoms with Gasteiger partial charge in [0.25, 0.3) is 5.91 Å². The smallest absolute Gasteiger partial charge is 0.341 e. The minimum Gasteiger partial charge on any atom is -0.462 e. The van der Waals surface area contributed by atoms with Crippen molar-refractivity contribution in [1.82, 2.24) is 9.88 Å². The fourth-order valence-electron chi connectivity index (χ4n) is 3.65. The number of esters is 1. The summed E-state index contributed by atoms with van der Waals surface area (Å²) in [5, 5.41) is 1.03. The third kappa shape index (κ3) is 3.53. The van der Waals surface area contributed by atoms with Crippen LogP contribution in [0.1, 0.15) is 34.1 Å². The Morgan fingerprint density at radius 1 is 1.17 bits per heavy atom. The van der Waals surface area contributed by atoms with Gasteiger partial charge in [-0.2, -0.15) is 0 Å². The summed E-state index contributed by atoms with van der Waals surface area (Å²) in [7, 11) is 0. The second kappa shape index (κ2) is 7.54. The molecule has 0 aliphatic carbocycles. The number of carbonyl (C=O) groups excluding carboxylic acids is 2. The van der Waals surface area contributed by atoms with Crippen molar-refractivity contribution >= 4 is 28.4 Å². The molecule has 4 rings (SSSR count). The van der Waals surface area contributed by atoms with Gasteiger partial charge in [-0.15, -0.1) is 0 Å². The number of aromatic nitrogens is 1. The third-order valence-corrected chi connectivity index (χ3v) is 5.07. The molecule has 0 atom stereocenters. The van der Waals surface area contributed by atoms with E-state index >= 15 is 0 Å². The normalized spacial score (nSPS) is 13.6. The SMILES string of the molecule is CCOC(=O)C1=CN(C(=O)c2ccc(F)cc2)CCc2c1[nH]c1ccc(C)cc21. The van der Waals surface area contributed by atoms with Crippen molar-refractivity contribution in [2.45, 2.75) is 20.3 Å². The van der Waals surface area contributed by atoms with Crippen molar-refractivity contribution in [1.29, 1.82) is 0 Å². The summed E-state index contributed by atoms with van der Waals surface area (Å²) >= 11 is 0. The molecule has 0 saturated heterocycles. The molecule has 148 valence electrons. The van der Waals surface area contributed by atoms with Gasteiger partial charge in [-0.25, -0.2) is 9.18 Å². The van der Waals surface area contributed by atoms with Gasteiger partial charge in [0.05, 0.1) is 17.9 Å². The van der Waals surface area contributed by atoms with E-state index in [1.54, 1.807) is 6.92 Å². The highest BCUT2D eigenvalue weighted by atomic mass is 19.1. The first-order valence-electron chi connectivity index (χ1n) is 9.55. The Balaban J connectivity index is 1.80. The number of aryl methyl sites for hydroxylation is 1. The first kappa shape index (κ1) is 18.9. The summed E-state index contributed by atoms with van der Waals surface area (Å²) in [4.78, 5) is 30.5. The zero-order valence-electron chi connectivity index (χ0n) is 16.3. The largest absolute Gasteiger partial charge is 0.462 e. The van der Waals surface area contributed by atoms with Crippen LogP contribution in [-0.2, 0) is 16.0 Å². The summed E-state index contributed by atoms with van der Waals surface area (Å²) in [6, 6.07) is 11.5. The Hall–Kier alpha value is -3.41. The topological polar surface area (TPSA) is 62.4 Å². The fraction of sp³-hybridized carbons (Fsp3) is 0.217.